The Labute approximate surface area is 110 Å². The SMILES string of the molecule is Cc1ccc(CN2CC(C)(C)NCC2CO)cc1. The lowest BCUT2D eigenvalue weighted by Crippen LogP contribution is -2.62. The molecule has 0 radical (unpaired) electrons. The monoisotopic (exact) mass is 248 g/mol. The molecule has 1 aliphatic heterocycles. The molecule has 18 heavy (non-hydrogen) atoms. The lowest BCUT2D eigenvalue weighted by molar-refractivity contribution is 0.0513. The van der Waals surface area contributed by atoms with Gasteiger partial charge in [0, 0.05) is 31.2 Å². The zero-order valence-corrected chi connectivity index (χ0v) is 11.6. The van der Waals surface area contributed by atoms with Gasteiger partial charge < -0.3 is 10.4 Å². The van der Waals surface area contributed by atoms with E-state index >= 15 is 0 Å². The van der Waals surface area contributed by atoms with Crippen LogP contribution >= 0.6 is 0 Å². The summed E-state index contributed by atoms with van der Waals surface area (Å²) in [5, 5.41) is 13.0. The van der Waals surface area contributed by atoms with Crippen LogP contribution in [0.25, 0.3) is 0 Å². The Balaban J connectivity index is 2.07. The first-order chi connectivity index (χ1) is 8.50. The van der Waals surface area contributed by atoms with Gasteiger partial charge in [0.2, 0.25) is 0 Å². The zero-order valence-electron chi connectivity index (χ0n) is 11.6. The molecule has 2 N–H and O–H groups in total. The third-order valence-corrected chi connectivity index (χ3v) is 3.65. The highest BCUT2D eigenvalue weighted by Gasteiger charge is 2.31. The van der Waals surface area contributed by atoms with Crippen molar-refractivity contribution in [3.8, 4) is 0 Å². The largest absolute Gasteiger partial charge is 0.395 e. The molecular weight excluding hydrogens is 224 g/mol. The van der Waals surface area contributed by atoms with E-state index in [1.807, 2.05) is 0 Å². The summed E-state index contributed by atoms with van der Waals surface area (Å²) in [5.74, 6) is 0. The Hall–Kier alpha value is -0.900. The fourth-order valence-corrected chi connectivity index (χ4v) is 2.51. The van der Waals surface area contributed by atoms with E-state index in [4.69, 9.17) is 0 Å². The second-order valence-electron chi connectivity index (χ2n) is 5.99. The molecule has 1 heterocycles. The standard InChI is InChI=1S/C15H24N2O/c1-12-4-6-13(7-5-12)9-17-11-15(2,3)16-8-14(17)10-18/h4-7,14,16,18H,8-11H2,1-3H3. The lowest BCUT2D eigenvalue weighted by atomic mass is 9.98. The van der Waals surface area contributed by atoms with Crippen molar-refractivity contribution in [2.45, 2.75) is 38.9 Å². The van der Waals surface area contributed by atoms with E-state index in [0.29, 0.717) is 0 Å². The lowest BCUT2D eigenvalue weighted by Gasteiger charge is -2.44. The molecule has 0 spiro atoms. The van der Waals surface area contributed by atoms with Gasteiger partial charge in [0.1, 0.15) is 0 Å². The van der Waals surface area contributed by atoms with Gasteiger partial charge in [-0.25, -0.2) is 0 Å². The summed E-state index contributed by atoms with van der Waals surface area (Å²) in [5.41, 5.74) is 2.73. The van der Waals surface area contributed by atoms with Crippen LogP contribution in [0.1, 0.15) is 25.0 Å². The molecule has 1 fully saturated rings. The van der Waals surface area contributed by atoms with Gasteiger partial charge in [0.15, 0.2) is 0 Å². The number of rotatable bonds is 3. The topological polar surface area (TPSA) is 35.5 Å². The predicted molar refractivity (Wildman–Crippen MR) is 74.5 cm³/mol. The molecule has 1 unspecified atom stereocenters. The number of nitrogens with one attached hydrogen (secondary N) is 1. The first-order valence-corrected chi connectivity index (χ1v) is 6.66. The van der Waals surface area contributed by atoms with E-state index in [2.05, 4.69) is 55.3 Å². The maximum atomic E-state index is 9.47. The maximum Gasteiger partial charge on any atom is 0.0599 e. The van der Waals surface area contributed by atoms with Gasteiger partial charge in [-0.3, -0.25) is 4.90 Å². The summed E-state index contributed by atoms with van der Waals surface area (Å²) in [6, 6.07) is 8.88. The van der Waals surface area contributed by atoms with Gasteiger partial charge >= 0.3 is 0 Å². The number of piperazine rings is 1. The van der Waals surface area contributed by atoms with Crippen molar-refractivity contribution >= 4 is 0 Å². The Bertz CT molecular complexity index is 386. The van der Waals surface area contributed by atoms with E-state index in [9.17, 15) is 5.11 Å². The van der Waals surface area contributed by atoms with Gasteiger partial charge in [-0.15, -0.1) is 0 Å². The quantitative estimate of drug-likeness (QED) is 0.852. The fourth-order valence-electron chi connectivity index (χ4n) is 2.51. The molecule has 100 valence electrons. The molecule has 0 aliphatic carbocycles. The van der Waals surface area contributed by atoms with Gasteiger partial charge in [0.25, 0.3) is 0 Å². The Kier molecular flexibility index (Phi) is 4.05. The summed E-state index contributed by atoms with van der Waals surface area (Å²) < 4.78 is 0. The van der Waals surface area contributed by atoms with Crippen LogP contribution in [0.4, 0.5) is 0 Å². The highest BCUT2D eigenvalue weighted by Crippen LogP contribution is 2.18. The summed E-state index contributed by atoms with van der Waals surface area (Å²) >= 11 is 0. The van der Waals surface area contributed by atoms with Crippen LogP contribution in [0.3, 0.4) is 0 Å². The van der Waals surface area contributed by atoms with Crippen LogP contribution in [-0.2, 0) is 6.54 Å². The number of aryl methyl sites for hydroxylation is 1. The van der Waals surface area contributed by atoms with Crippen molar-refractivity contribution in [3.63, 3.8) is 0 Å². The Morgan fingerprint density at radius 3 is 2.61 bits per heavy atom. The van der Waals surface area contributed by atoms with E-state index in [1.54, 1.807) is 0 Å². The molecule has 0 saturated carbocycles. The van der Waals surface area contributed by atoms with Crippen molar-refractivity contribution in [1.82, 2.24) is 10.2 Å². The van der Waals surface area contributed by atoms with E-state index in [1.165, 1.54) is 11.1 Å². The van der Waals surface area contributed by atoms with Crippen LogP contribution < -0.4 is 5.32 Å². The molecule has 1 atom stereocenters. The first-order valence-electron chi connectivity index (χ1n) is 6.66. The highest BCUT2D eigenvalue weighted by molar-refractivity contribution is 5.21. The minimum absolute atomic E-state index is 0.121. The number of aliphatic hydroxyl groups is 1. The number of benzene rings is 1. The van der Waals surface area contributed by atoms with Gasteiger partial charge in [0.05, 0.1) is 6.61 Å². The molecule has 1 saturated heterocycles. The predicted octanol–water partition coefficient (Wildman–Crippen LogP) is 1.54. The molecule has 1 aliphatic rings. The molecule has 0 aromatic heterocycles. The van der Waals surface area contributed by atoms with Gasteiger partial charge in [-0.1, -0.05) is 29.8 Å². The summed E-state index contributed by atoms with van der Waals surface area (Å²) in [4.78, 5) is 2.38. The van der Waals surface area contributed by atoms with Crippen molar-refractivity contribution < 1.29 is 5.11 Å². The zero-order chi connectivity index (χ0) is 13.2. The first kappa shape index (κ1) is 13.5. The number of aliphatic hydroxyl groups excluding tert-OH is 1. The van der Waals surface area contributed by atoms with Crippen LogP contribution in [0.15, 0.2) is 24.3 Å². The maximum absolute atomic E-state index is 9.47. The average Bonchev–Trinajstić information content (AvgIpc) is 2.31. The van der Waals surface area contributed by atoms with Crippen molar-refractivity contribution in [3.05, 3.63) is 35.4 Å². The second-order valence-corrected chi connectivity index (χ2v) is 5.99. The third-order valence-electron chi connectivity index (χ3n) is 3.65. The molecule has 3 heteroatoms. The molecule has 3 nitrogen and oxygen atoms in total. The number of hydrogen-bond donors (Lipinski definition) is 2. The summed E-state index contributed by atoms with van der Waals surface area (Å²) in [6.07, 6.45) is 0. The van der Waals surface area contributed by atoms with Crippen LogP contribution in [0, 0.1) is 6.92 Å². The van der Waals surface area contributed by atoms with E-state index in [0.717, 1.165) is 19.6 Å². The second kappa shape index (κ2) is 5.39. The fraction of sp³-hybridized carbons (Fsp3) is 0.600. The average molecular weight is 248 g/mol. The molecule has 1 aromatic rings. The minimum Gasteiger partial charge on any atom is -0.395 e. The number of hydrogen-bond acceptors (Lipinski definition) is 3. The van der Waals surface area contributed by atoms with Gasteiger partial charge in [-0.05, 0) is 26.3 Å². The van der Waals surface area contributed by atoms with Crippen molar-refractivity contribution in [2.75, 3.05) is 19.7 Å². The molecule has 0 amide bonds. The van der Waals surface area contributed by atoms with E-state index in [-0.39, 0.29) is 18.2 Å². The normalized spacial score (nSPS) is 24.1. The number of nitrogens with zero attached hydrogens (tertiary/aromatic N) is 1. The third kappa shape index (κ3) is 3.31. The summed E-state index contributed by atoms with van der Waals surface area (Å²) in [6.45, 7) is 9.48. The Morgan fingerprint density at radius 1 is 1.33 bits per heavy atom. The smallest absolute Gasteiger partial charge is 0.0599 e. The molecule has 1 aromatic carbocycles. The van der Waals surface area contributed by atoms with Crippen LogP contribution in [0.5, 0.6) is 0 Å². The van der Waals surface area contributed by atoms with Crippen LogP contribution in [-0.4, -0.2) is 41.3 Å². The van der Waals surface area contributed by atoms with Gasteiger partial charge in [-0.2, -0.15) is 0 Å². The Morgan fingerprint density at radius 2 is 2.00 bits per heavy atom. The van der Waals surface area contributed by atoms with Crippen molar-refractivity contribution in [2.24, 2.45) is 0 Å². The molecule has 2 rings (SSSR count). The highest BCUT2D eigenvalue weighted by atomic mass is 16.3. The van der Waals surface area contributed by atoms with E-state index < -0.39 is 0 Å². The molecule has 0 bridgehead atoms. The van der Waals surface area contributed by atoms with Crippen LogP contribution in [0.2, 0.25) is 0 Å². The van der Waals surface area contributed by atoms with Crippen molar-refractivity contribution in [1.29, 1.82) is 0 Å². The minimum atomic E-state index is 0.121. The summed E-state index contributed by atoms with van der Waals surface area (Å²) in [7, 11) is 0. The molecular formula is C15H24N2O.